The zero-order chi connectivity index (χ0) is 24.0. The van der Waals surface area contributed by atoms with Gasteiger partial charge >= 0.3 is 5.97 Å². The van der Waals surface area contributed by atoms with Gasteiger partial charge in [-0.2, -0.15) is 5.10 Å². The van der Waals surface area contributed by atoms with E-state index in [0.29, 0.717) is 27.7 Å². The summed E-state index contributed by atoms with van der Waals surface area (Å²) < 4.78 is 5.66. The molecule has 0 aliphatic heterocycles. The number of hydrazone groups is 1. The average Bonchev–Trinajstić information content (AvgIpc) is 3.26. The SMILES string of the molecule is CC(C)C(NC(=O)c1ccc(Cl)cc1)C(=O)N/N=C/c1ccc(-c2ccc(C(=O)O)cc2)o1. The summed E-state index contributed by atoms with van der Waals surface area (Å²) in [6.45, 7) is 3.62. The summed E-state index contributed by atoms with van der Waals surface area (Å²) in [5.74, 6) is -1.14. The molecule has 33 heavy (non-hydrogen) atoms. The maximum absolute atomic E-state index is 12.6. The third-order valence-corrected chi connectivity index (χ3v) is 5.00. The Morgan fingerprint density at radius 1 is 0.970 bits per heavy atom. The van der Waals surface area contributed by atoms with E-state index in [4.69, 9.17) is 21.1 Å². The highest BCUT2D eigenvalue weighted by molar-refractivity contribution is 6.30. The van der Waals surface area contributed by atoms with E-state index in [1.54, 1.807) is 48.5 Å². The highest BCUT2D eigenvalue weighted by atomic mass is 35.5. The molecule has 170 valence electrons. The molecule has 2 aromatic carbocycles. The van der Waals surface area contributed by atoms with Gasteiger partial charge in [0.1, 0.15) is 17.6 Å². The van der Waals surface area contributed by atoms with E-state index in [1.165, 1.54) is 18.3 Å². The Hall–Kier alpha value is -3.91. The van der Waals surface area contributed by atoms with E-state index in [1.807, 2.05) is 13.8 Å². The Balaban J connectivity index is 1.61. The highest BCUT2D eigenvalue weighted by Crippen LogP contribution is 2.22. The van der Waals surface area contributed by atoms with Crippen molar-refractivity contribution >= 4 is 35.6 Å². The van der Waals surface area contributed by atoms with Crippen LogP contribution in [0.1, 0.15) is 40.3 Å². The summed E-state index contributed by atoms with van der Waals surface area (Å²) in [4.78, 5) is 36.0. The molecule has 1 unspecified atom stereocenters. The number of carbonyl (C=O) groups is 3. The van der Waals surface area contributed by atoms with Gasteiger partial charge in [0.25, 0.3) is 11.8 Å². The molecule has 3 aromatic rings. The van der Waals surface area contributed by atoms with Crippen molar-refractivity contribution in [2.45, 2.75) is 19.9 Å². The van der Waals surface area contributed by atoms with Gasteiger partial charge in [0.15, 0.2) is 0 Å². The van der Waals surface area contributed by atoms with Crippen LogP contribution in [-0.4, -0.2) is 35.1 Å². The molecular weight excluding hydrogens is 446 g/mol. The Labute approximate surface area is 195 Å². The zero-order valence-corrected chi connectivity index (χ0v) is 18.7. The van der Waals surface area contributed by atoms with Crippen molar-refractivity contribution in [3.8, 4) is 11.3 Å². The van der Waals surface area contributed by atoms with Crippen molar-refractivity contribution in [3.63, 3.8) is 0 Å². The number of carboxylic acids is 1. The lowest BCUT2D eigenvalue weighted by atomic mass is 10.0. The molecule has 0 radical (unpaired) electrons. The number of hydrogen-bond acceptors (Lipinski definition) is 5. The van der Waals surface area contributed by atoms with Crippen LogP contribution >= 0.6 is 11.6 Å². The molecule has 1 aromatic heterocycles. The molecule has 0 fully saturated rings. The summed E-state index contributed by atoms with van der Waals surface area (Å²) in [6, 6.07) is 15.2. The van der Waals surface area contributed by atoms with Crippen LogP contribution in [0.5, 0.6) is 0 Å². The van der Waals surface area contributed by atoms with Crippen LogP contribution < -0.4 is 10.7 Å². The van der Waals surface area contributed by atoms with Crippen LogP contribution in [0.4, 0.5) is 0 Å². The second kappa shape index (κ2) is 10.6. The number of furan rings is 1. The number of rotatable bonds is 8. The molecule has 0 bridgehead atoms. The Morgan fingerprint density at radius 3 is 2.21 bits per heavy atom. The van der Waals surface area contributed by atoms with Crippen molar-refractivity contribution in [2.24, 2.45) is 11.0 Å². The monoisotopic (exact) mass is 467 g/mol. The average molecular weight is 468 g/mol. The van der Waals surface area contributed by atoms with E-state index in [0.717, 1.165) is 0 Å². The summed E-state index contributed by atoms with van der Waals surface area (Å²) in [6.07, 6.45) is 1.34. The molecule has 0 aliphatic carbocycles. The van der Waals surface area contributed by atoms with Gasteiger partial charge < -0.3 is 14.8 Å². The molecule has 0 spiro atoms. The van der Waals surface area contributed by atoms with Crippen molar-refractivity contribution in [1.29, 1.82) is 0 Å². The number of nitrogens with zero attached hydrogens (tertiary/aromatic N) is 1. The topological polar surface area (TPSA) is 121 Å². The van der Waals surface area contributed by atoms with Crippen LogP contribution in [-0.2, 0) is 4.79 Å². The van der Waals surface area contributed by atoms with E-state index in [9.17, 15) is 14.4 Å². The van der Waals surface area contributed by atoms with E-state index >= 15 is 0 Å². The Kier molecular flexibility index (Phi) is 7.63. The molecule has 0 saturated heterocycles. The van der Waals surface area contributed by atoms with Crippen molar-refractivity contribution in [2.75, 3.05) is 0 Å². The molecule has 1 atom stereocenters. The summed E-state index contributed by atoms with van der Waals surface area (Å²) in [5, 5.41) is 16.1. The van der Waals surface area contributed by atoms with Crippen molar-refractivity contribution < 1.29 is 23.9 Å². The fourth-order valence-corrected chi connectivity index (χ4v) is 3.07. The molecule has 2 amide bonds. The lowest BCUT2D eigenvalue weighted by molar-refractivity contribution is -0.123. The van der Waals surface area contributed by atoms with Crippen molar-refractivity contribution in [3.05, 3.63) is 82.6 Å². The summed E-state index contributed by atoms with van der Waals surface area (Å²) in [5.41, 5.74) is 3.69. The van der Waals surface area contributed by atoms with E-state index in [2.05, 4.69) is 15.8 Å². The molecule has 0 aliphatic rings. The maximum atomic E-state index is 12.6. The van der Waals surface area contributed by atoms with Crippen LogP contribution in [0.2, 0.25) is 5.02 Å². The highest BCUT2D eigenvalue weighted by Gasteiger charge is 2.24. The molecule has 9 heteroatoms. The quantitative estimate of drug-likeness (QED) is 0.338. The smallest absolute Gasteiger partial charge is 0.335 e. The van der Waals surface area contributed by atoms with Crippen LogP contribution in [0.15, 0.2) is 70.2 Å². The van der Waals surface area contributed by atoms with Gasteiger partial charge in [-0.05, 0) is 54.4 Å². The van der Waals surface area contributed by atoms with Crippen LogP contribution in [0.3, 0.4) is 0 Å². The minimum Gasteiger partial charge on any atom is -0.478 e. The minimum absolute atomic E-state index is 0.178. The fourth-order valence-electron chi connectivity index (χ4n) is 2.94. The van der Waals surface area contributed by atoms with E-state index < -0.39 is 23.8 Å². The van der Waals surface area contributed by atoms with Crippen LogP contribution in [0.25, 0.3) is 11.3 Å². The molecule has 3 N–H and O–H groups in total. The number of nitrogens with one attached hydrogen (secondary N) is 2. The van der Waals surface area contributed by atoms with Gasteiger partial charge in [0, 0.05) is 16.1 Å². The molecule has 8 nitrogen and oxygen atoms in total. The second-order valence-electron chi connectivity index (χ2n) is 7.52. The maximum Gasteiger partial charge on any atom is 0.335 e. The predicted molar refractivity (Wildman–Crippen MR) is 124 cm³/mol. The molecule has 0 saturated carbocycles. The van der Waals surface area contributed by atoms with Gasteiger partial charge in [-0.15, -0.1) is 0 Å². The van der Waals surface area contributed by atoms with E-state index in [-0.39, 0.29) is 11.5 Å². The first-order valence-corrected chi connectivity index (χ1v) is 10.5. The lowest BCUT2D eigenvalue weighted by Gasteiger charge is -2.20. The second-order valence-corrected chi connectivity index (χ2v) is 7.96. The predicted octanol–water partition coefficient (Wildman–Crippen LogP) is 4.20. The summed E-state index contributed by atoms with van der Waals surface area (Å²) >= 11 is 5.84. The first-order chi connectivity index (χ1) is 15.7. The minimum atomic E-state index is -1.01. The molecular formula is C24H22ClN3O5. The number of carbonyl (C=O) groups excluding carboxylic acids is 2. The first kappa shape index (κ1) is 23.7. The summed E-state index contributed by atoms with van der Waals surface area (Å²) in [7, 11) is 0. The molecule has 3 rings (SSSR count). The molecule has 1 heterocycles. The largest absolute Gasteiger partial charge is 0.478 e. The number of amides is 2. The van der Waals surface area contributed by atoms with Gasteiger partial charge in [0.2, 0.25) is 0 Å². The van der Waals surface area contributed by atoms with Gasteiger partial charge in [-0.1, -0.05) is 37.6 Å². The number of carboxylic acid groups (broad SMARTS) is 1. The van der Waals surface area contributed by atoms with Crippen molar-refractivity contribution in [1.82, 2.24) is 10.7 Å². The third kappa shape index (κ3) is 6.30. The normalized spacial score (nSPS) is 12.0. The number of benzene rings is 2. The fraction of sp³-hybridized carbons (Fsp3) is 0.167. The van der Waals surface area contributed by atoms with Gasteiger partial charge in [-0.25, -0.2) is 10.2 Å². The Bertz CT molecular complexity index is 1170. The van der Waals surface area contributed by atoms with Gasteiger partial charge in [-0.3, -0.25) is 9.59 Å². The Morgan fingerprint density at radius 2 is 1.61 bits per heavy atom. The number of aromatic carboxylic acids is 1. The third-order valence-electron chi connectivity index (χ3n) is 4.75. The van der Waals surface area contributed by atoms with Gasteiger partial charge in [0.05, 0.1) is 11.8 Å². The standard InChI is InChI=1S/C24H22ClN3O5/c1-14(2)21(27-22(29)16-7-9-18(25)10-8-16)23(30)28-26-13-19-11-12-20(33-19)15-3-5-17(6-4-15)24(31)32/h3-14,21H,1-2H3,(H,27,29)(H,28,30)(H,31,32)/b26-13+. The number of hydrogen-bond donors (Lipinski definition) is 3. The number of halogens is 1. The van der Waals surface area contributed by atoms with Crippen LogP contribution in [0, 0.1) is 5.92 Å². The lowest BCUT2D eigenvalue weighted by Crippen LogP contribution is -2.48. The zero-order valence-electron chi connectivity index (χ0n) is 17.9. The first-order valence-electron chi connectivity index (χ1n) is 10.1.